The molecule has 1 N–H and O–H groups in total. The van der Waals surface area contributed by atoms with E-state index < -0.39 is 0 Å². The fourth-order valence-electron chi connectivity index (χ4n) is 4.59. The highest BCUT2D eigenvalue weighted by Gasteiger charge is 2.35. The van der Waals surface area contributed by atoms with Crippen molar-refractivity contribution in [3.63, 3.8) is 0 Å². The molecule has 2 aliphatic rings. The Hall–Kier alpha value is -2.86. The van der Waals surface area contributed by atoms with Crippen LogP contribution < -0.4 is 5.32 Å². The van der Waals surface area contributed by atoms with E-state index in [9.17, 15) is 9.59 Å². The highest BCUT2D eigenvalue weighted by atomic mass is 16.5. The Bertz CT molecular complexity index is 1090. The van der Waals surface area contributed by atoms with Gasteiger partial charge in [0.05, 0.1) is 6.61 Å². The van der Waals surface area contributed by atoms with E-state index in [1.54, 1.807) is 0 Å². The summed E-state index contributed by atoms with van der Waals surface area (Å²) in [5, 5.41) is 6.22. The third kappa shape index (κ3) is 3.17. The SMILES string of the molecule is Cc1c(C(=O)NC2CCN(C3CCOC3=O)CC2)oc2c1ccc1ccccc12. The third-order valence-electron chi connectivity index (χ3n) is 6.25. The topological polar surface area (TPSA) is 71.8 Å². The minimum atomic E-state index is -0.165. The highest BCUT2D eigenvalue weighted by Crippen LogP contribution is 2.32. The van der Waals surface area contributed by atoms with Crippen LogP contribution in [0.1, 0.15) is 35.4 Å². The Kier molecular flexibility index (Phi) is 4.51. The summed E-state index contributed by atoms with van der Waals surface area (Å²) >= 11 is 0. The number of aryl methyl sites for hydroxylation is 1. The van der Waals surface area contributed by atoms with Crippen molar-refractivity contribution < 1.29 is 18.7 Å². The van der Waals surface area contributed by atoms with Crippen LogP contribution in [0.4, 0.5) is 0 Å². The van der Waals surface area contributed by atoms with Gasteiger partial charge in [0.25, 0.3) is 5.91 Å². The van der Waals surface area contributed by atoms with Crippen molar-refractivity contribution in [3.8, 4) is 0 Å². The van der Waals surface area contributed by atoms with Crippen LogP contribution in [-0.4, -0.2) is 48.6 Å². The van der Waals surface area contributed by atoms with Crippen molar-refractivity contribution in [3.05, 3.63) is 47.7 Å². The van der Waals surface area contributed by atoms with Crippen LogP contribution in [0.5, 0.6) is 0 Å². The number of carbonyl (C=O) groups excluding carboxylic acids is 2. The third-order valence-corrected chi connectivity index (χ3v) is 6.25. The molecule has 6 heteroatoms. The second kappa shape index (κ2) is 7.19. The van der Waals surface area contributed by atoms with Crippen LogP contribution in [-0.2, 0) is 9.53 Å². The first-order chi connectivity index (χ1) is 14.1. The second-order valence-electron chi connectivity index (χ2n) is 7.98. The van der Waals surface area contributed by atoms with E-state index in [1.807, 2.05) is 37.3 Å². The van der Waals surface area contributed by atoms with E-state index in [0.717, 1.165) is 59.7 Å². The summed E-state index contributed by atoms with van der Waals surface area (Å²) in [7, 11) is 0. The van der Waals surface area contributed by atoms with E-state index in [1.165, 1.54) is 0 Å². The minimum absolute atomic E-state index is 0.0838. The number of hydrogen-bond acceptors (Lipinski definition) is 5. The van der Waals surface area contributed by atoms with Crippen LogP contribution in [0.25, 0.3) is 21.7 Å². The minimum Gasteiger partial charge on any atom is -0.464 e. The molecule has 6 nitrogen and oxygen atoms in total. The van der Waals surface area contributed by atoms with E-state index >= 15 is 0 Å². The van der Waals surface area contributed by atoms with Gasteiger partial charge in [0, 0.05) is 41.9 Å². The molecule has 3 aromatic rings. The summed E-state index contributed by atoms with van der Waals surface area (Å²) < 4.78 is 11.1. The van der Waals surface area contributed by atoms with Gasteiger partial charge in [-0.05, 0) is 25.2 Å². The highest BCUT2D eigenvalue weighted by molar-refractivity contribution is 6.08. The first kappa shape index (κ1) is 18.2. The molecule has 2 fully saturated rings. The van der Waals surface area contributed by atoms with Crippen molar-refractivity contribution in [1.29, 1.82) is 0 Å². The smallest absolute Gasteiger partial charge is 0.323 e. The molecule has 1 unspecified atom stereocenters. The maximum atomic E-state index is 12.9. The summed E-state index contributed by atoms with van der Waals surface area (Å²) in [5.74, 6) is 0.109. The molecule has 2 aromatic carbocycles. The number of rotatable bonds is 3. The van der Waals surface area contributed by atoms with E-state index in [4.69, 9.17) is 9.15 Å². The van der Waals surface area contributed by atoms with Crippen LogP contribution >= 0.6 is 0 Å². The molecule has 1 amide bonds. The number of esters is 1. The molecular weight excluding hydrogens is 368 g/mol. The molecule has 0 saturated carbocycles. The number of carbonyl (C=O) groups is 2. The standard InChI is InChI=1S/C23H24N2O4/c1-14-17-7-6-15-4-2-3-5-18(15)21(17)29-20(14)22(26)24-16-8-11-25(12-9-16)19-10-13-28-23(19)27/h2-7,16,19H,8-13H2,1H3,(H,24,26). The number of likely N-dealkylation sites (tertiary alicyclic amines) is 1. The molecule has 1 atom stereocenters. The van der Waals surface area contributed by atoms with E-state index in [2.05, 4.69) is 16.3 Å². The van der Waals surface area contributed by atoms with Gasteiger partial charge in [-0.1, -0.05) is 36.4 Å². The van der Waals surface area contributed by atoms with Gasteiger partial charge in [0.1, 0.15) is 11.6 Å². The number of cyclic esters (lactones) is 1. The van der Waals surface area contributed by atoms with Crippen LogP contribution in [0, 0.1) is 6.92 Å². The number of furan rings is 1. The molecule has 1 aromatic heterocycles. The normalized spacial score (nSPS) is 21.0. The zero-order valence-electron chi connectivity index (χ0n) is 16.4. The summed E-state index contributed by atoms with van der Waals surface area (Å²) in [5.41, 5.74) is 1.63. The lowest BCUT2D eigenvalue weighted by atomic mass is 10.0. The lowest BCUT2D eigenvalue weighted by molar-refractivity contribution is -0.142. The van der Waals surface area contributed by atoms with Gasteiger partial charge in [-0.3, -0.25) is 14.5 Å². The maximum absolute atomic E-state index is 12.9. The Morgan fingerprint density at radius 3 is 2.62 bits per heavy atom. The fraction of sp³-hybridized carbons (Fsp3) is 0.391. The van der Waals surface area contributed by atoms with Crippen LogP contribution in [0.15, 0.2) is 40.8 Å². The number of nitrogens with one attached hydrogen (secondary N) is 1. The molecular formula is C23H24N2O4. The number of amides is 1. The molecule has 5 rings (SSSR count). The number of nitrogens with zero attached hydrogens (tertiary/aromatic N) is 1. The molecule has 29 heavy (non-hydrogen) atoms. The van der Waals surface area contributed by atoms with Crippen LogP contribution in [0.2, 0.25) is 0 Å². The Balaban J connectivity index is 1.31. The quantitative estimate of drug-likeness (QED) is 0.692. The molecule has 0 bridgehead atoms. The maximum Gasteiger partial charge on any atom is 0.323 e. The number of piperidine rings is 1. The number of hydrogen-bond donors (Lipinski definition) is 1. The van der Waals surface area contributed by atoms with Gasteiger partial charge < -0.3 is 14.5 Å². The molecule has 3 heterocycles. The monoisotopic (exact) mass is 392 g/mol. The molecule has 0 spiro atoms. The van der Waals surface area contributed by atoms with Gasteiger partial charge in [-0.2, -0.15) is 0 Å². The largest absolute Gasteiger partial charge is 0.464 e. The molecule has 2 saturated heterocycles. The van der Waals surface area contributed by atoms with Gasteiger partial charge >= 0.3 is 5.97 Å². The van der Waals surface area contributed by atoms with Gasteiger partial charge in [0.15, 0.2) is 5.76 Å². The molecule has 0 aliphatic carbocycles. The summed E-state index contributed by atoms with van der Waals surface area (Å²) in [6.07, 6.45) is 2.40. The Morgan fingerprint density at radius 2 is 1.86 bits per heavy atom. The molecule has 2 aliphatic heterocycles. The van der Waals surface area contributed by atoms with Crippen molar-refractivity contribution in [2.45, 2.75) is 38.3 Å². The second-order valence-corrected chi connectivity index (χ2v) is 7.98. The number of fused-ring (bicyclic) bond motifs is 3. The Labute approximate surface area is 168 Å². The predicted octanol–water partition coefficient (Wildman–Crippen LogP) is 3.40. The first-order valence-corrected chi connectivity index (χ1v) is 10.2. The van der Waals surface area contributed by atoms with Gasteiger partial charge in [-0.25, -0.2) is 0 Å². The average Bonchev–Trinajstić information content (AvgIpc) is 3.32. The summed E-state index contributed by atoms with van der Waals surface area (Å²) in [6.45, 7) is 4.02. The lowest BCUT2D eigenvalue weighted by Crippen LogP contribution is -2.49. The predicted molar refractivity (Wildman–Crippen MR) is 110 cm³/mol. The summed E-state index contributed by atoms with van der Waals surface area (Å²) in [6, 6.07) is 12.1. The first-order valence-electron chi connectivity index (χ1n) is 10.2. The average molecular weight is 392 g/mol. The molecule has 150 valence electrons. The van der Waals surface area contributed by atoms with Crippen molar-refractivity contribution in [2.75, 3.05) is 19.7 Å². The molecule has 0 radical (unpaired) electrons. The number of ether oxygens (including phenoxy) is 1. The van der Waals surface area contributed by atoms with Crippen molar-refractivity contribution in [2.24, 2.45) is 0 Å². The zero-order valence-corrected chi connectivity index (χ0v) is 16.4. The number of benzene rings is 2. The fourth-order valence-corrected chi connectivity index (χ4v) is 4.59. The van der Waals surface area contributed by atoms with Crippen molar-refractivity contribution >= 4 is 33.6 Å². The van der Waals surface area contributed by atoms with Gasteiger partial charge in [0.2, 0.25) is 0 Å². The van der Waals surface area contributed by atoms with Crippen LogP contribution in [0.3, 0.4) is 0 Å². The Morgan fingerprint density at radius 1 is 1.07 bits per heavy atom. The summed E-state index contributed by atoms with van der Waals surface area (Å²) in [4.78, 5) is 26.9. The lowest BCUT2D eigenvalue weighted by Gasteiger charge is -2.34. The van der Waals surface area contributed by atoms with Crippen molar-refractivity contribution in [1.82, 2.24) is 10.2 Å². The van der Waals surface area contributed by atoms with E-state index in [0.29, 0.717) is 12.4 Å². The van der Waals surface area contributed by atoms with E-state index in [-0.39, 0.29) is 24.0 Å². The van der Waals surface area contributed by atoms with Gasteiger partial charge in [-0.15, -0.1) is 0 Å². The zero-order chi connectivity index (χ0) is 20.0.